The van der Waals surface area contributed by atoms with Gasteiger partial charge in [0.2, 0.25) is 5.82 Å². The van der Waals surface area contributed by atoms with Gasteiger partial charge in [-0.25, -0.2) is 9.78 Å². The molecule has 0 amide bonds. The van der Waals surface area contributed by atoms with E-state index in [4.69, 9.17) is 5.11 Å². The van der Waals surface area contributed by atoms with Crippen LogP contribution in [0.25, 0.3) is 0 Å². The fourth-order valence-electron chi connectivity index (χ4n) is 1.85. The molecule has 77 valence electrons. The average molecular weight is 202 g/mol. The smallest absolute Gasteiger partial charge is 0.372 e. The Hall–Kier alpha value is -0.763. The first-order chi connectivity index (χ1) is 6.59. The number of carbonyl (C=O) groups is 1. The molecule has 2 rings (SSSR count). The second kappa shape index (κ2) is 4.40. The molecule has 15 heavy (non-hydrogen) atoms. The monoisotopic (exact) mass is 202 g/mol. The third kappa shape index (κ3) is 2.10. The van der Waals surface area contributed by atoms with Gasteiger partial charge >= 0.3 is 5.97 Å². The van der Waals surface area contributed by atoms with Crippen molar-refractivity contribution in [3.63, 3.8) is 0 Å². The van der Waals surface area contributed by atoms with Gasteiger partial charge < -0.3 is 14.6 Å². The standard InChI is InChI=1S/C9H13N3O2.Li/c1-11-4-3-7-6(5-11)10-8(9(13)14)12(7)2;/h3-5H2,1-2H3,(H,13,14);. The van der Waals surface area contributed by atoms with Crippen molar-refractivity contribution in [1.82, 2.24) is 14.5 Å². The molecule has 6 heteroatoms. The molecule has 0 unspecified atom stereocenters. The third-order valence-corrected chi connectivity index (χ3v) is 2.64. The van der Waals surface area contributed by atoms with Gasteiger partial charge in [0.05, 0.1) is 5.69 Å². The molecule has 1 N–H and O–H groups in total. The first kappa shape index (κ1) is 12.3. The van der Waals surface area contributed by atoms with Crippen molar-refractivity contribution < 1.29 is 9.90 Å². The number of aromatic nitrogens is 2. The summed E-state index contributed by atoms with van der Waals surface area (Å²) in [5.74, 6) is -0.810. The zero-order chi connectivity index (χ0) is 10.3. The summed E-state index contributed by atoms with van der Waals surface area (Å²) in [5, 5.41) is 8.88. The summed E-state index contributed by atoms with van der Waals surface area (Å²) in [5.41, 5.74) is 1.96. The molecular weight excluding hydrogens is 189 g/mol. The van der Waals surface area contributed by atoms with Crippen LogP contribution in [0.3, 0.4) is 0 Å². The van der Waals surface area contributed by atoms with Gasteiger partial charge in [0.15, 0.2) is 0 Å². The second-order valence-corrected chi connectivity index (χ2v) is 3.68. The molecule has 1 aromatic heterocycles. The number of aromatic carboxylic acids is 1. The summed E-state index contributed by atoms with van der Waals surface area (Å²) in [7, 11) is 3.78. The van der Waals surface area contributed by atoms with E-state index < -0.39 is 5.97 Å². The van der Waals surface area contributed by atoms with Crippen LogP contribution < -0.4 is 0 Å². The maximum Gasteiger partial charge on any atom is 0.372 e. The number of rotatable bonds is 1. The van der Waals surface area contributed by atoms with Gasteiger partial charge in [-0.15, -0.1) is 0 Å². The zero-order valence-corrected chi connectivity index (χ0v) is 9.32. The van der Waals surface area contributed by atoms with Crippen LogP contribution in [0.2, 0.25) is 0 Å². The van der Waals surface area contributed by atoms with E-state index in [0.717, 1.165) is 30.9 Å². The Balaban J connectivity index is 0.00000112. The number of hydrogen-bond acceptors (Lipinski definition) is 3. The van der Waals surface area contributed by atoms with Crippen molar-refractivity contribution in [2.75, 3.05) is 13.6 Å². The molecule has 0 saturated carbocycles. The van der Waals surface area contributed by atoms with Crippen LogP contribution in [0.4, 0.5) is 0 Å². The maximum atomic E-state index is 10.8. The number of nitrogens with zero attached hydrogens (tertiary/aromatic N) is 3. The summed E-state index contributed by atoms with van der Waals surface area (Å²) in [6.07, 6.45) is 0.878. The van der Waals surface area contributed by atoms with E-state index in [0.29, 0.717) is 0 Å². The number of carboxylic acid groups (broad SMARTS) is 1. The molecule has 1 aliphatic heterocycles. The quantitative estimate of drug-likeness (QED) is 0.636. The van der Waals surface area contributed by atoms with Crippen molar-refractivity contribution >= 4 is 24.8 Å². The average Bonchev–Trinajstić information content (AvgIpc) is 2.43. The molecule has 1 radical (unpaired) electrons. The SMILES string of the molecule is CN1CCc2c(nc(C(=O)O)n2C)C1.[Li]. The van der Waals surface area contributed by atoms with Gasteiger partial charge in [-0.2, -0.15) is 0 Å². The van der Waals surface area contributed by atoms with Gasteiger partial charge in [-0.1, -0.05) is 0 Å². The second-order valence-electron chi connectivity index (χ2n) is 3.68. The van der Waals surface area contributed by atoms with Crippen LogP contribution >= 0.6 is 0 Å². The molecule has 0 bridgehead atoms. The fourth-order valence-corrected chi connectivity index (χ4v) is 1.85. The molecule has 0 aliphatic carbocycles. The van der Waals surface area contributed by atoms with Crippen LogP contribution in [-0.2, 0) is 20.0 Å². The molecule has 0 fully saturated rings. The van der Waals surface area contributed by atoms with Crippen LogP contribution in [0.5, 0.6) is 0 Å². The van der Waals surface area contributed by atoms with E-state index in [-0.39, 0.29) is 24.7 Å². The Morgan fingerprint density at radius 3 is 2.73 bits per heavy atom. The Morgan fingerprint density at radius 2 is 2.13 bits per heavy atom. The van der Waals surface area contributed by atoms with Gasteiger partial charge in [0.1, 0.15) is 0 Å². The van der Waals surface area contributed by atoms with E-state index in [1.165, 1.54) is 0 Å². The summed E-state index contributed by atoms with van der Waals surface area (Å²) in [4.78, 5) is 17.1. The Morgan fingerprint density at radius 1 is 1.47 bits per heavy atom. The largest absolute Gasteiger partial charge is 0.475 e. The number of likely N-dealkylation sites (N-methyl/N-ethyl adjacent to an activating group) is 1. The summed E-state index contributed by atoms with van der Waals surface area (Å²) >= 11 is 0. The number of imidazole rings is 1. The molecule has 1 aliphatic rings. The predicted molar refractivity (Wildman–Crippen MR) is 56.0 cm³/mol. The van der Waals surface area contributed by atoms with E-state index in [9.17, 15) is 4.79 Å². The van der Waals surface area contributed by atoms with Crippen LogP contribution in [0, 0.1) is 0 Å². The zero-order valence-electron chi connectivity index (χ0n) is 9.32. The van der Waals surface area contributed by atoms with Crippen LogP contribution in [0.15, 0.2) is 0 Å². The predicted octanol–water partition coefficient (Wildman–Crippen LogP) is -0.275. The number of hydrogen-bond donors (Lipinski definition) is 1. The van der Waals surface area contributed by atoms with Gasteiger partial charge in [-0.05, 0) is 7.05 Å². The van der Waals surface area contributed by atoms with E-state index in [2.05, 4.69) is 9.88 Å². The minimum atomic E-state index is -0.954. The van der Waals surface area contributed by atoms with Gasteiger partial charge in [-0.3, -0.25) is 0 Å². The minimum absolute atomic E-state index is 0. The Kier molecular flexibility index (Phi) is 3.61. The van der Waals surface area contributed by atoms with E-state index >= 15 is 0 Å². The van der Waals surface area contributed by atoms with Gasteiger partial charge in [0.25, 0.3) is 0 Å². The molecular formula is C9H13LiN3O2. The molecule has 0 atom stereocenters. The summed E-state index contributed by atoms with van der Waals surface area (Å²) in [6, 6.07) is 0. The Labute approximate surface area is 100 Å². The minimum Gasteiger partial charge on any atom is -0.475 e. The van der Waals surface area contributed by atoms with E-state index in [1.807, 2.05) is 7.05 Å². The van der Waals surface area contributed by atoms with Crippen molar-refractivity contribution in [3.05, 3.63) is 17.2 Å². The molecule has 5 nitrogen and oxygen atoms in total. The summed E-state index contributed by atoms with van der Waals surface area (Å²) < 4.78 is 1.69. The molecule has 0 aromatic carbocycles. The number of fused-ring (bicyclic) bond motifs is 1. The third-order valence-electron chi connectivity index (χ3n) is 2.64. The molecule has 1 aromatic rings. The first-order valence-corrected chi connectivity index (χ1v) is 4.56. The van der Waals surface area contributed by atoms with Crippen molar-refractivity contribution in [3.8, 4) is 0 Å². The normalized spacial score (nSPS) is 15.6. The van der Waals surface area contributed by atoms with Crippen molar-refractivity contribution in [2.45, 2.75) is 13.0 Å². The van der Waals surface area contributed by atoms with Crippen LogP contribution in [-0.4, -0.2) is 58.0 Å². The fraction of sp³-hybridized carbons (Fsp3) is 0.556. The molecule has 0 saturated heterocycles. The van der Waals surface area contributed by atoms with Crippen molar-refractivity contribution in [1.29, 1.82) is 0 Å². The number of carboxylic acids is 1. The van der Waals surface area contributed by atoms with Crippen molar-refractivity contribution in [2.24, 2.45) is 7.05 Å². The summed E-state index contributed by atoms with van der Waals surface area (Å²) in [6.45, 7) is 1.71. The van der Waals surface area contributed by atoms with Crippen LogP contribution in [0.1, 0.15) is 22.0 Å². The molecule has 0 spiro atoms. The maximum absolute atomic E-state index is 10.8. The molecule has 2 heterocycles. The Bertz CT molecular complexity index is 389. The van der Waals surface area contributed by atoms with Gasteiger partial charge in [0, 0.05) is 51.1 Å². The first-order valence-electron chi connectivity index (χ1n) is 4.56. The topological polar surface area (TPSA) is 58.4 Å². The van der Waals surface area contributed by atoms with E-state index in [1.54, 1.807) is 11.6 Å².